The fourth-order valence-corrected chi connectivity index (χ4v) is 3.77. The number of hydrogen-bond acceptors (Lipinski definition) is 3. The Morgan fingerprint density at radius 1 is 0.867 bits per heavy atom. The number of nitrogens with one attached hydrogen (secondary N) is 1. The second-order valence-electron chi connectivity index (χ2n) is 8.50. The average molecular weight is 411 g/mol. The summed E-state index contributed by atoms with van der Waals surface area (Å²) in [6.45, 7) is 11.0. The molecule has 4 heteroatoms. The zero-order valence-corrected chi connectivity index (χ0v) is 18.9. The zero-order chi connectivity index (χ0) is 21.9. The van der Waals surface area contributed by atoms with Crippen molar-refractivity contribution < 1.29 is 9.90 Å². The number of aliphatic carboxylic acids is 1. The van der Waals surface area contributed by atoms with Gasteiger partial charge in [-0.05, 0) is 23.0 Å². The zero-order valence-electron chi connectivity index (χ0n) is 18.9. The van der Waals surface area contributed by atoms with E-state index in [0.717, 1.165) is 32.5 Å². The quantitative estimate of drug-likeness (QED) is 0.477. The van der Waals surface area contributed by atoms with Crippen LogP contribution >= 0.6 is 0 Å². The van der Waals surface area contributed by atoms with Crippen LogP contribution in [0.15, 0.2) is 60.7 Å². The first-order valence-corrected chi connectivity index (χ1v) is 11.2. The van der Waals surface area contributed by atoms with Crippen LogP contribution in [0.25, 0.3) is 0 Å². The number of rotatable bonds is 13. The molecule has 0 aliphatic heterocycles. The highest BCUT2D eigenvalue weighted by molar-refractivity contribution is 5.73. The van der Waals surface area contributed by atoms with Gasteiger partial charge in [0.15, 0.2) is 0 Å². The summed E-state index contributed by atoms with van der Waals surface area (Å²) in [5.41, 5.74) is 2.54. The molecular weight excluding hydrogens is 372 g/mol. The van der Waals surface area contributed by atoms with Crippen LogP contribution in [0.4, 0.5) is 0 Å². The minimum absolute atomic E-state index is 0.0887. The van der Waals surface area contributed by atoms with Gasteiger partial charge in [-0.2, -0.15) is 0 Å². The molecule has 0 aromatic heterocycles. The third-order valence-corrected chi connectivity index (χ3v) is 6.16. The van der Waals surface area contributed by atoms with E-state index < -0.39 is 12.0 Å². The lowest BCUT2D eigenvalue weighted by atomic mass is 9.93. The Labute approximate surface area is 182 Å². The molecule has 2 aromatic rings. The summed E-state index contributed by atoms with van der Waals surface area (Å²) in [5.74, 6) is -0.286. The molecule has 0 aliphatic rings. The molecule has 2 aromatic carbocycles. The standard InChI is InChI=1S/C26H38N2O2/c1-5-20(3)24(27-25(26(29)30)21(4)6-2)19-28(17-22-13-9-7-10-14-22)18-23-15-11-8-12-16-23/h7-16,20-21,24-25,27H,5-6,17-19H2,1-4H3,(H,29,30)/t20?,21-,24+,25-/m1/s1. The van der Waals surface area contributed by atoms with Crippen LogP contribution in [-0.2, 0) is 17.9 Å². The van der Waals surface area contributed by atoms with Crippen LogP contribution < -0.4 is 5.32 Å². The molecule has 0 heterocycles. The molecule has 0 spiro atoms. The predicted molar refractivity (Wildman–Crippen MR) is 124 cm³/mol. The van der Waals surface area contributed by atoms with Crippen LogP contribution in [0.3, 0.4) is 0 Å². The molecule has 0 saturated heterocycles. The lowest BCUT2D eigenvalue weighted by molar-refractivity contribution is -0.141. The van der Waals surface area contributed by atoms with Crippen molar-refractivity contribution in [1.82, 2.24) is 10.2 Å². The number of benzene rings is 2. The van der Waals surface area contributed by atoms with E-state index in [1.807, 2.05) is 19.1 Å². The summed E-state index contributed by atoms with van der Waals surface area (Å²) in [6, 6.07) is 20.6. The maximum atomic E-state index is 11.9. The Bertz CT molecular complexity index is 694. The molecule has 0 saturated carbocycles. The summed E-state index contributed by atoms with van der Waals surface area (Å²) < 4.78 is 0. The third-order valence-electron chi connectivity index (χ3n) is 6.16. The first-order valence-electron chi connectivity index (χ1n) is 11.2. The van der Waals surface area contributed by atoms with E-state index in [9.17, 15) is 9.90 Å². The van der Waals surface area contributed by atoms with Crippen molar-refractivity contribution in [2.45, 2.75) is 65.7 Å². The molecule has 4 atom stereocenters. The average Bonchev–Trinajstić information content (AvgIpc) is 2.76. The van der Waals surface area contributed by atoms with Gasteiger partial charge in [-0.1, -0.05) is 101 Å². The second-order valence-corrected chi connectivity index (χ2v) is 8.50. The van der Waals surface area contributed by atoms with E-state index in [-0.39, 0.29) is 12.0 Å². The first-order chi connectivity index (χ1) is 14.4. The molecule has 0 aliphatic carbocycles. The van der Waals surface area contributed by atoms with E-state index in [1.165, 1.54) is 11.1 Å². The van der Waals surface area contributed by atoms with Crippen molar-refractivity contribution in [1.29, 1.82) is 0 Å². The minimum atomic E-state index is -0.754. The highest BCUT2D eigenvalue weighted by atomic mass is 16.4. The highest BCUT2D eigenvalue weighted by Gasteiger charge is 2.29. The van der Waals surface area contributed by atoms with Gasteiger partial charge in [0.2, 0.25) is 0 Å². The van der Waals surface area contributed by atoms with Crippen molar-refractivity contribution in [2.75, 3.05) is 6.54 Å². The fraction of sp³-hybridized carbons (Fsp3) is 0.500. The van der Waals surface area contributed by atoms with Crippen molar-refractivity contribution >= 4 is 5.97 Å². The van der Waals surface area contributed by atoms with E-state index in [1.54, 1.807) is 0 Å². The van der Waals surface area contributed by atoms with Gasteiger partial charge in [-0.15, -0.1) is 0 Å². The van der Waals surface area contributed by atoms with Crippen molar-refractivity contribution in [3.63, 3.8) is 0 Å². The molecule has 0 bridgehead atoms. The molecule has 0 fully saturated rings. The predicted octanol–water partition coefficient (Wildman–Crippen LogP) is 5.19. The Morgan fingerprint density at radius 2 is 1.33 bits per heavy atom. The number of nitrogens with zero attached hydrogens (tertiary/aromatic N) is 1. The van der Waals surface area contributed by atoms with Crippen LogP contribution in [0, 0.1) is 11.8 Å². The van der Waals surface area contributed by atoms with Gasteiger partial charge in [0.1, 0.15) is 6.04 Å². The molecule has 4 nitrogen and oxygen atoms in total. The number of carboxylic acids is 1. The topological polar surface area (TPSA) is 52.6 Å². The molecule has 0 amide bonds. The van der Waals surface area contributed by atoms with E-state index in [4.69, 9.17) is 0 Å². The Kier molecular flexibility index (Phi) is 10.0. The molecule has 30 heavy (non-hydrogen) atoms. The molecule has 2 N–H and O–H groups in total. The van der Waals surface area contributed by atoms with Gasteiger partial charge in [0, 0.05) is 25.7 Å². The Balaban J connectivity index is 2.23. The summed E-state index contributed by atoms with van der Waals surface area (Å²) in [6.07, 6.45) is 1.85. The number of carboxylic acid groups (broad SMARTS) is 1. The van der Waals surface area contributed by atoms with Crippen LogP contribution in [0.1, 0.15) is 51.7 Å². The minimum Gasteiger partial charge on any atom is -0.480 e. The SMILES string of the molecule is CCC(C)[C@H](CN(Cc1ccccc1)Cc1ccccc1)N[C@@H](C(=O)O)[C@H](C)CC. The summed E-state index contributed by atoms with van der Waals surface area (Å²) in [4.78, 5) is 14.4. The van der Waals surface area contributed by atoms with E-state index in [0.29, 0.717) is 5.92 Å². The molecule has 164 valence electrons. The summed E-state index contributed by atoms with van der Waals surface area (Å²) >= 11 is 0. The number of hydrogen-bond donors (Lipinski definition) is 2. The lowest BCUT2D eigenvalue weighted by Crippen LogP contribution is -2.53. The smallest absolute Gasteiger partial charge is 0.320 e. The molecule has 0 radical (unpaired) electrons. The first kappa shape index (κ1) is 24.1. The summed E-state index contributed by atoms with van der Waals surface area (Å²) in [7, 11) is 0. The normalized spacial score (nSPS) is 15.5. The molecule has 2 rings (SSSR count). The lowest BCUT2D eigenvalue weighted by Gasteiger charge is -2.34. The van der Waals surface area contributed by atoms with Crippen molar-refractivity contribution in [3.8, 4) is 0 Å². The van der Waals surface area contributed by atoms with E-state index >= 15 is 0 Å². The van der Waals surface area contributed by atoms with Gasteiger partial charge >= 0.3 is 5.97 Å². The maximum Gasteiger partial charge on any atom is 0.320 e. The Hall–Kier alpha value is -2.17. The van der Waals surface area contributed by atoms with E-state index in [2.05, 4.69) is 79.5 Å². The van der Waals surface area contributed by atoms with Crippen LogP contribution in [0.5, 0.6) is 0 Å². The summed E-state index contributed by atoms with van der Waals surface area (Å²) in [5, 5.41) is 13.3. The van der Waals surface area contributed by atoms with Crippen molar-refractivity contribution in [3.05, 3.63) is 71.8 Å². The van der Waals surface area contributed by atoms with Gasteiger partial charge in [-0.25, -0.2) is 0 Å². The maximum absolute atomic E-state index is 11.9. The van der Waals surface area contributed by atoms with Crippen molar-refractivity contribution in [2.24, 2.45) is 11.8 Å². The van der Waals surface area contributed by atoms with Crippen LogP contribution in [-0.4, -0.2) is 34.6 Å². The van der Waals surface area contributed by atoms with Gasteiger partial charge in [0.25, 0.3) is 0 Å². The van der Waals surface area contributed by atoms with Gasteiger partial charge in [0.05, 0.1) is 0 Å². The molecular formula is C26H38N2O2. The van der Waals surface area contributed by atoms with Gasteiger partial charge in [-0.3, -0.25) is 15.0 Å². The largest absolute Gasteiger partial charge is 0.480 e. The van der Waals surface area contributed by atoms with Crippen LogP contribution in [0.2, 0.25) is 0 Å². The van der Waals surface area contributed by atoms with Gasteiger partial charge < -0.3 is 5.11 Å². The highest BCUT2D eigenvalue weighted by Crippen LogP contribution is 2.18. The molecule has 1 unspecified atom stereocenters. The number of carbonyl (C=O) groups is 1. The Morgan fingerprint density at radius 3 is 1.73 bits per heavy atom. The third kappa shape index (κ3) is 7.58. The monoisotopic (exact) mass is 410 g/mol. The second kappa shape index (κ2) is 12.5. The fourth-order valence-electron chi connectivity index (χ4n) is 3.77.